The molecule has 0 aliphatic heterocycles. The van der Waals surface area contributed by atoms with Crippen LogP contribution in [0.1, 0.15) is 17.5 Å². The Labute approximate surface area is 142 Å². The van der Waals surface area contributed by atoms with Gasteiger partial charge < -0.3 is 19.8 Å². The molecule has 1 aromatic heterocycles. The summed E-state index contributed by atoms with van der Waals surface area (Å²) in [5.41, 5.74) is 0.416. The summed E-state index contributed by atoms with van der Waals surface area (Å²) < 4.78 is 9.77. The Morgan fingerprint density at radius 1 is 1.21 bits per heavy atom. The average molecular weight is 351 g/mol. The fourth-order valence-corrected chi connectivity index (χ4v) is 1.93. The number of nitrogens with one attached hydrogen (secondary N) is 2. The lowest BCUT2D eigenvalue weighted by atomic mass is 10.3. The first-order chi connectivity index (χ1) is 11.5. The summed E-state index contributed by atoms with van der Waals surface area (Å²) in [6.07, 6.45) is 1.34. The van der Waals surface area contributed by atoms with Crippen LogP contribution in [0.5, 0.6) is 0 Å². The van der Waals surface area contributed by atoms with Crippen LogP contribution in [-0.4, -0.2) is 30.4 Å². The van der Waals surface area contributed by atoms with Crippen molar-refractivity contribution < 1.29 is 23.5 Å². The van der Waals surface area contributed by atoms with Crippen LogP contribution in [-0.2, 0) is 14.3 Å². The molecule has 8 heteroatoms. The second-order valence-corrected chi connectivity index (χ2v) is 5.22. The average Bonchev–Trinajstić information content (AvgIpc) is 3.09. The first-order valence-electron chi connectivity index (χ1n) is 7.02. The van der Waals surface area contributed by atoms with Crippen LogP contribution in [0, 0.1) is 0 Å². The van der Waals surface area contributed by atoms with Gasteiger partial charge in [0.25, 0.3) is 11.8 Å². The number of esters is 1. The van der Waals surface area contributed by atoms with E-state index in [0.717, 1.165) is 0 Å². The predicted molar refractivity (Wildman–Crippen MR) is 86.7 cm³/mol. The number of ether oxygens (including phenoxy) is 1. The molecule has 2 amide bonds. The molecule has 0 spiro atoms. The normalized spacial score (nSPS) is 11.4. The highest BCUT2D eigenvalue weighted by Gasteiger charge is 2.20. The van der Waals surface area contributed by atoms with Crippen molar-refractivity contribution in [1.29, 1.82) is 0 Å². The number of hydrogen-bond acceptors (Lipinski definition) is 5. The van der Waals surface area contributed by atoms with Crippen molar-refractivity contribution >= 4 is 35.1 Å². The topological polar surface area (TPSA) is 97.6 Å². The zero-order valence-corrected chi connectivity index (χ0v) is 13.5. The molecular weight excluding hydrogens is 336 g/mol. The van der Waals surface area contributed by atoms with E-state index in [0.29, 0.717) is 10.7 Å². The van der Waals surface area contributed by atoms with Gasteiger partial charge in [-0.15, -0.1) is 0 Å². The molecule has 2 aromatic rings. The summed E-state index contributed by atoms with van der Waals surface area (Å²) in [5.74, 6) is -1.76. The van der Waals surface area contributed by atoms with Crippen molar-refractivity contribution in [3.05, 3.63) is 53.4 Å². The number of benzene rings is 1. The molecule has 0 saturated carbocycles. The lowest BCUT2D eigenvalue weighted by Crippen LogP contribution is -2.40. The van der Waals surface area contributed by atoms with Gasteiger partial charge in [0.2, 0.25) is 0 Å². The van der Waals surface area contributed by atoms with Gasteiger partial charge in [0.15, 0.2) is 12.4 Å². The minimum atomic E-state index is -0.935. The largest absolute Gasteiger partial charge is 0.459 e. The Kier molecular flexibility index (Phi) is 5.97. The van der Waals surface area contributed by atoms with Gasteiger partial charge in [0.1, 0.15) is 6.04 Å². The molecule has 24 heavy (non-hydrogen) atoms. The van der Waals surface area contributed by atoms with Crippen LogP contribution in [0.3, 0.4) is 0 Å². The zero-order valence-electron chi connectivity index (χ0n) is 12.7. The van der Waals surface area contributed by atoms with E-state index in [9.17, 15) is 14.4 Å². The van der Waals surface area contributed by atoms with Crippen molar-refractivity contribution in [2.45, 2.75) is 13.0 Å². The number of furan rings is 1. The number of para-hydroxylation sites is 1. The predicted octanol–water partition coefficient (Wildman–Crippen LogP) is 2.23. The maximum Gasteiger partial charge on any atom is 0.328 e. The highest BCUT2D eigenvalue weighted by molar-refractivity contribution is 6.33. The van der Waals surface area contributed by atoms with E-state index in [-0.39, 0.29) is 5.76 Å². The lowest BCUT2D eigenvalue weighted by molar-refractivity contribution is -0.148. The molecule has 2 rings (SSSR count). The number of halogens is 1. The molecule has 1 heterocycles. The summed E-state index contributed by atoms with van der Waals surface area (Å²) in [4.78, 5) is 35.3. The maximum absolute atomic E-state index is 11.8. The highest BCUT2D eigenvalue weighted by atomic mass is 35.5. The molecule has 2 N–H and O–H groups in total. The molecule has 0 unspecified atom stereocenters. The van der Waals surface area contributed by atoms with Crippen LogP contribution in [0.2, 0.25) is 5.02 Å². The number of carbonyl (C=O) groups excluding carboxylic acids is 3. The summed E-state index contributed by atoms with van der Waals surface area (Å²) in [7, 11) is 0. The molecule has 1 aromatic carbocycles. The van der Waals surface area contributed by atoms with Gasteiger partial charge in [-0.05, 0) is 31.2 Å². The Hall–Kier alpha value is -2.80. The fourth-order valence-electron chi connectivity index (χ4n) is 1.75. The SMILES string of the molecule is C[C@H](NC(=O)c1ccco1)C(=O)OCC(=O)Nc1ccccc1Cl. The van der Waals surface area contributed by atoms with Crippen molar-refractivity contribution in [2.24, 2.45) is 0 Å². The van der Waals surface area contributed by atoms with E-state index < -0.39 is 30.4 Å². The van der Waals surface area contributed by atoms with E-state index in [2.05, 4.69) is 10.6 Å². The number of anilines is 1. The quantitative estimate of drug-likeness (QED) is 0.778. The standard InChI is InChI=1S/C16H15ClN2O5/c1-10(18-15(21)13-7-4-8-23-13)16(22)24-9-14(20)19-12-6-3-2-5-11(12)17/h2-8,10H,9H2,1H3,(H,18,21)(H,19,20)/t10-/m0/s1. The van der Waals surface area contributed by atoms with E-state index in [1.54, 1.807) is 30.3 Å². The third-order valence-corrected chi connectivity index (χ3v) is 3.27. The number of hydrogen-bond donors (Lipinski definition) is 2. The first-order valence-corrected chi connectivity index (χ1v) is 7.40. The molecule has 0 aliphatic rings. The van der Waals surface area contributed by atoms with Gasteiger partial charge in [-0.25, -0.2) is 4.79 Å². The van der Waals surface area contributed by atoms with E-state index in [4.69, 9.17) is 20.8 Å². The number of carbonyl (C=O) groups is 3. The van der Waals surface area contributed by atoms with E-state index in [1.807, 2.05) is 0 Å². The Balaban J connectivity index is 1.78. The molecule has 0 fully saturated rings. The molecule has 0 saturated heterocycles. The molecular formula is C16H15ClN2O5. The molecule has 1 atom stereocenters. The molecule has 7 nitrogen and oxygen atoms in total. The van der Waals surface area contributed by atoms with E-state index >= 15 is 0 Å². The van der Waals surface area contributed by atoms with Crippen molar-refractivity contribution in [2.75, 3.05) is 11.9 Å². The molecule has 0 bridgehead atoms. The minimum absolute atomic E-state index is 0.0751. The van der Waals surface area contributed by atoms with E-state index in [1.165, 1.54) is 19.3 Å². The highest BCUT2D eigenvalue weighted by Crippen LogP contribution is 2.20. The van der Waals surface area contributed by atoms with Crippen molar-refractivity contribution in [1.82, 2.24) is 5.32 Å². The van der Waals surface area contributed by atoms with Crippen LogP contribution < -0.4 is 10.6 Å². The minimum Gasteiger partial charge on any atom is -0.459 e. The zero-order chi connectivity index (χ0) is 17.5. The molecule has 126 valence electrons. The smallest absolute Gasteiger partial charge is 0.328 e. The van der Waals surface area contributed by atoms with Gasteiger partial charge in [0, 0.05) is 0 Å². The molecule has 0 aliphatic carbocycles. The monoisotopic (exact) mass is 350 g/mol. The van der Waals surface area contributed by atoms with Crippen LogP contribution in [0.4, 0.5) is 5.69 Å². The summed E-state index contributed by atoms with van der Waals surface area (Å²) in [6, 6.07) is 8.75. The first kappa shape index (κ1) is 17.6. The number of amides is 2. The third-order valence-electron chi connectivity index (χ3n) is 2.94. The Morgan fingerprint density at radius 3 is 2.62 bits per heavy atom. The summed E-state index contributed by atoms with van der Waals surface area (Å²) in [6.45, 7) is 0.945. The Bertz CT molecular complexity index is 730. The number of rotatable bonds is 6. The van der Waals surface area contributed by atoms with Gasteiger partial charge in [-0.1, -0.05) is 23.7 Å². The third kappa shape index (κ3) is 4.85. The van der Waals surface area contributed by atoms with Crippen molar-refractivity contribution in [3.63, 3.8) is 0 Å². The van der Waals surface area contributed by atoms with Crippen molar-refractivity contribution in [3.8, 4) is 0 Å². The maximum atomic E-state index is 11.8. The van der Waals surface area contributed by atoms with Gasteiger partial charge >= 0.3 is 5.97 Å². The molecule has 0 radical (unpaired) electrons. The van der Waals surface area contributed by atoms with Crippen LogP contribution >= 0.6 is 11.6 Å². The lowest BCUT2D eigenvalue weighted by Gasteiger charge is -2.12. The second-order valence-electron chi connectivity index (χ2n) is 4.81. The summed E-state index contributed by atoms with van der Waals surface area (Å²) >= 11 is 5.91. The van der Waals surface area contributed by atoms with Gasteiger partial charge in [-0.3, -0.25) is 9.59 Å². The summed E-state index contributed by atoms with van der Waals surface area (Å²) in [5, 5.41) is 5.29. The Morgan fingerprint density at radius 2 is 1.96 bits per heavy atom. The van der Waals surface area contributed by atoms with Crippen LogP contribution in [0.25, 0.3) is 0 Å². The van der Waals surface area contributed by atoms with Crippen LogP contribution in [0.15, 0.2) is 47.1 Å². The van der Waals surface area contributed by atoms with Gasteiger partial charge in [-0.2, -0.15) is 0 Å². The second kappa shape index (κ2) is 8.16. The van der Waals surface area contributed by atoms with Gasteiger partial charge in [0.05, 0.1) is 17.0 Å². The fraction of sp³-hybridized carbons (Fsp3) is 0.188.